The van der Waals surface area contributed by atoms with Crippen molar-refractivity contribution in [3.05, 3.63) is 35.3 Å². The Balaban J connectivity index is 0.00000208. The quantitative estimate of drug-likeness (QED) is 0.869. The fourth-order valence-corrected chi connectivity index (χ4v) is 3.56. The monoisotopic (exact) mass is 367 g/mol. The van der Waals surface area contributed by atoms with E-state index in [9.17, 15) is 4.79 Å². The minimum Gasteiger partial charge on any atom is -0.381 e. The maximum absolute atomic E-state index is 12.7. The summed E-state index contributed by atoms with van der Waals surface area (Å²) in [6, 6.07) is 7.78. The number of ether oxygens (including phenoxy) is 1. The zero-order valence-corrected chi connectivity index (χ0v) is 15.2. The van der Waals surface area contributed by atoms with Gasteiger partial charge in [-0.3, -0.25) is 4.79 Å². The number of rotatable bonds is 4. The number of aryl methyl sites for hydroxylation is 1. The van der Waals surface area contributed by atoms with Gasteiger partial charge in [-0.05, 0) is 31.9 Å². The van der Waals surface area contributed by atoms with Gasteiger partial charge in [0.15, 0.2) is 0 Å². The minimum absolute atomic E-state index is 0. The van der Waals surface area contributed by atoms with Crippen molar-refractivity contribution in [1.82, 2.24) is 4.98 Å². The normalized spacial score (nSPS) is 16.2. The number of nitrogens with two attached hydrogens (primary N) is 1. The lowest BCUT2D eigenvalue weighted by molar-refractivity contribution is -0.130. The summed E-state index contributed by atoms with van der Waals surface area (Å²) in [5, 5.41) is 6.00. The molecule has 0 atom stereocenters. The first-order valence-corrected chi connectivity index (χ1v) is 8.63. The summed E-state index contributed by atoms with van der Waals surface area (Å²) < 4.78 is 5.36. The number of anilines is 1. The largest absolute Gasteiger partial charge is 0.381 e. The van der Waals surface area contributed by atoms with E-state index < -0.39 is 5.41 Å². The van der Waals surface area contributed by atoms with Gasteiger partial charge in [-0.25, -0.2) is 4.98 Å². The van der Waals surface area contributed by atoms with Crippen molar-refractivity contribution in [2.45, 2.75) is 19.8 Å². The predicted octanol–water partition coefficient (Wildman–Crippen LogP) is 3.23. The second-order valence-electron chi connectivity index (χ2n) is 5.93. The SMILES string of the molecule is Cc1csc(-c2cccc(NC(=O)C3(CN)CCOCC3)c2)n1.Cl. The average molecular weight is 368 g/mol. The number of carbonyl (C=O) groups excluding carboxylic acids is 1. The molecule has 1 aromatic carbocycles. The van der Waals surface area contributed by atoms with E-state index in [1.807, 2.05) is 36.6 Å². The van der Waals surface area contributed by atoms with Crippen molar-refractivity contribution < 1.29 is 9.53 Å². The van der Waals surface area contributed by atoms with Crippen molar-refractivity contribution >= 4 is 35.3 Å². The number of hydrogen-bond acceptors (Lipinski definition) is 5. The van der Waals surface area contributed by atoms with Gasteiger partial charge < -0.3 is 15.8 Å². The molecule has 0 aliphatic carbocycles. The molecule has 3 N–H and O–H groups in total. The molecule has 7 heteroatoms. The van der Waals surface area contributed by atoms with Crippen LogP contribution >= 0.6 is 23.7 Å². The summed E-state index contributed by atoms with van der Waals surface area (Å²) >= 11 is 1.60. The van der Waals surface area contributed by atoms with Crippen LogP contribution in [0.3, 0.4) is 0 Å². The summed E-state index contributed by atoms with van der Waals surface area (Å²) in [6.45, 7) is 3.49. The molecule has 2 aromatic rings. The van der Waals surface area contributed by atoms with E-state index in [-0.39, 0.29) is 18.3 Å². The van der Waals surface area contributed by atoms with Gasteiger partial charge in [0.2, 0.25) is 5.91 Å². The van der Waals surface area contributed by atoms with Crippen LogP contribution in [0.5, 0.6) is 0 Å². The first kappa shape index (κ1) is 18.9. The molecule has 2 heterocycles. The van der Waals surface area contributed by atoms with Crippen LogP contribution in [0.25, 0.3) is 10.6 Å². The zero-order valence-electron chi connectivity index (χ0n) is 13.6. The number of carbonyl (C=O) groups is 1. The van der Waals surface area contributed by atoms with Gasteiger partial charge in [-0.15, -0.1) is 23.7 Å². The van der Waals surface area contributed by atoms with E-state index in [0.717, 1.165) is 22.0 Å². The van der Waals surface area contributed by atoms with Gasteiger partial charge in [0.05, 0.1) is 5.41 Å². The number of hydrogen-bond donors (Lipinski definition) is 2. The lowest BCUT2D eigenvalue weighted by Crippen LogP contribution is -2.46. The van der Waals surface area contributed by atoms with Crippen LogP contribution in [0.2, 0.25) is 0 Å². The highest BCUT2D eigenvalue weighted by Gasteiger charge is 2.38. The Hall–Kier alpha value is -1.47. The molecule has 130 valence electrons. The lowest BCUT2D eigenvalue weighted by Gasteiger charge is -2.34. The Bertz CT molecular complexity index is 699. The minimum atomic E-state index is -0.522. The standard InChI is InChI=1S/C17H21N3O2S.ClH/c1-12-10-23-15(19-12)13-3-2-4-14(9-13)20-16(21)17(11-18)5-7-22-8-6-17;/h2-4,9-10H,5-8,11,18H2,1H3,(H,20,21);1H. The third-order valence-electron chi connectivity index (χ3n) is 4.31. The summed E-state index contributed by atoms with van der Waals surface area (Å²) in [6.07, 6.45) is 1.33. The van der Waals surface area contributed by atoms with E-state index in [1.165, 1.54) is 0 Å². The molecule has 5 nitrogen and oxygen atoms in total. The maximum atomic E-state index is 12.7. The number of aromatic nitrogens is 1. The number of benzene rings is 1. The molecule has 1 amide bonds. The van der Waals surface area contributed by atoms with Crippen molar-refractivity contribution in [3.63, 3.8) is 0 Å². The van der Waals surface area contributed by atoms with Gasteiger partial charge in [0.25, 0.3) is 0 Å². The van der Waals surface area contributed by atoms with Crippen LogP contribution in [-0.4, -0.2) is 30.6 Å². The Morgan fingerprint density at radius 3 is 2.79 bits per heavy atom. The molecule has 0 saturated carbocycles. The molecule has 1 saturated heterocycles. The summed E-state index contributed by atoms with van der Waals surface area (Å²) in [4.78, 5) is 17.2. The lowest BCUT2D eigenvalue weighted by atomic mass is 9.79. The zero-order chi connectivity index (χ0) is 16.3. The number of thiazole rings is 1. The topological polar surface area (TPSA) is 77.2 Å². The van der Waals surface area contributed by atoms with Crippen molar-refractivity contribution in [1.29, 1.82) is 0 Å². The van der Waals surface area contributed by atoms with Crippen LogP contribution in [0.15, 0.2) is 29.6 Å². The first-order valence-electron chi connectivity index (χ1n) is 7.75. The molecule has 1 aliphatic rings. The van der Waals surface area contributed by atoms with Crippen LogP contribution in [0.1, 0.15) is 18.5 Å². The molecule has 1 fully saturated rings. The molecule has 0 spiro atoms. The molecule has 0 bridgehead atoms. The first-order chi connectivity index (χ1) is 11.1. The molecule has 1 aliphatic heterocycles. The third kappa shape index (κ3) is 3.95. The Morgan fingerprint density at radius 2 is 2.17 bits per heavy atom. The van der Waals surface area contributed by atoms with Crippen LogP contribution < -0.4 is 11.1 Å². The van der Waals surface area contributed by atoms with E-state index >= 15 is 0 Å². The van der Waals surface area contributed by atoms with E-state index in [0.29, 0.717) is 32.6 Å². The molecule has 0 radical (unpaired) electrons. The predicted molar refractivity (Wildman–Crippen MR) is 99.7 cm³/mol. The summed E-state index contributed by atoms with van der Waals surface area (Å²) in [7, 11) is 0. The fraction of sp³-hybridized carbons (Fsp3) is 0.412. The van der Waals surface area contributed by atoms with E-state index in [2.05, 4.69) is 10.3 Å². The Morgan fingerprint density at radius 1 is 1.42 bits per heavy atom. The molecular formula is C17H22ClN3O2S. The maximum Gasteiger partial charge on any atom is 0.232 e. The smallest absolute Gasteiger partial charge is 0.232 e. The van der Waals surface area contributed by atoms with Gasteiger partial charge in [-0.1, -0.05) is 12.1 Å². The average Bonchev–Trinajstić information content (AvgIpc) is 3.02. The number of nitrogens with zero attached hydrogens (tertiary/aromatic N) is 1. The Labute approximate surface area is 152 Å². The molecule has 3 rings (SSSR count). The van der Waals surface area contributed by atoms with E-state index in [1.54, 1.807) is 11.3 Å². The number of nitrogens with one attached hydrogen (secondary N) is 1. The number of amides is 1. The van der Waals surface area contributed by atoms with Crippen LogP contribution in [0.4, 0.5) is 5.69 Å². The molecule has 1 aromatic heterocycles. The van der Waals surface area contributed by atoms with Gasteiger partial charge >= 0.3 is 0 Å². The van der Waals surface area contributed by atoms with Gasteiger partial charge in [0, 0.05) is 42.1 Å². The molecule has 24 heavy (non-hydrogen) atoms. The van der Waals surface area contributed by atoms with Gasteiger partial charge in [0.1, 0.15) is 5.01 Å². The highest BCUT2D eigenvalue weighted by molar-refractivity contribution is 7.13. The second kappa shape index (κ2) is 8.07. The van der Waals surface area contributed by atoms with E-state index in [4.69, 9.17) is 10.5 Å². The number of halogens is 1. The van der Waals surface area contributed by atoms with Crippen molar-refractivity contribution in [2.75, 3.05) is 25.1 Å². The Kier molecular flexibility index (Phi) is 6.34. The van der Waals surface area contributed by atoms with Crippen LogP contribution in [-0.2, 0) is 9.53 Å². The summed E-state index contributed by atoms with van der Waals surface area (Å²) in [5.41, 5.74) is 8.16. The molecule has 0 unspecified atom stereocenters. The van der Waals surface area contributed by atoms with Crippen molar-refractivity contribution in [3.8, 4) is 10.6 Å². The third-order valence-corrected chi connectivity index (χ3v) is 5.32. The fourth-order valence-electron chi connectivity index (χ4n) is 2.77. The molecular weight excluding hydrogens is 346 g/mol. The second-order valence-corrected chi connectivity index (χ2v) is 6.78. The highest BCUT2D eigenvalue weighted by Crippen LogP contribution is 2.32. The van der Waals surface area contributed by atoms with Gasteiger partial charge in [-0.2, -0.15) is 0 Å². The highest BCUT2D eigenvalue weighted by atomic mass is 35.5. The van der Waals surface area contributed by atoms with Crippen molar-refractivity contribution in [2.24, 2.45) is 11.1 Å². The summed E-state index contributed by atoms with van der Waals surface area (Å²) in [5.74, 6) is -0.0178. The van der Waals surface area contributed by atoms with Crippen LogP contribution in [0, 0.1) is 12.3 Å².